The van der Waals surface area contributed by atoms with Gasteiger partial charge in [0.25, 0.3) is 5.91 Å². The van der Waals surface area contributed by atoms with E-state index in [0.717, 1.165) is 22.8 Å². The molecule has 4 rings (SSSR count). The molecule has 0 bridgehead atoms. The summed E-state index contributed by atoms with van der Waals surface area (Å²) >= 11 is 7.25. The lowest BCUT2D eigenvalue weighted by Crippen LogP contribution is -2.42. The normalized spacial score (nSPS) is 16.8. The molecule has 1 aromatic carbocycles. The van der Waals surface area contributed by atoms with Crippen molar-refractivity contribution in [2.75, 3.05) is 26.3 Å². The second-order valence-electron chi connectivity index (χ2n) is 6.75. The molecule has 152 valence electrons. The number of carbonyl (C=O) groups is 1. The lowest BCUT2D eigenvalue weighted by atomic mass is 10.1. The van der Waals surface area contributed by atoms with Crippen LogP contribution in [0.15, 0.2) is 35.8 Å². The Labute approximate surface area is 177 Å². The van der Waals surface area contributed by atoms with Crippen LogP contribution >= 0.6 is 22.9 Å². The molecule has 1 aliphatic rings. The fourth-order valence-corrected chi connectivity index (χ4v) is 4.04. The number of benzene rings is 1. The predicted molar refractivity (Wildman–Crippen MR) is 111 cm³/mol. The summed E-state index contributed by atoms with van der Waals surface area (Å²) in [5.74, 6) is 0.780. The van der Waals surface area contributed by atoms with E-state index in [1.807, 2.05) is 30.0 Å². The molecule has 1 unspecified atom stereocenters. The molecule has 0 spiro atoms. The average molecular weight is 433 g/mol. The Morgan fingerprint density at radius 1 is 1.41 bits per heavy atom. The van der Waals surface area contributed by atoms with Crippen molar-refractivity contribution in [2.45, 2.75) is 19.4 Å². The van der Waals surface area contributed by atoms with Crippen molar-refractivity contribution in [3.63, 3.8) is 0 Å². The number of hydrogen-bond donors (Lipinski definition) is 1. The largest absolute Gasteiger partial charge is 0.493 e. The first kappa shape index (κ1) is 19.9. The van der Waals surface area contributed by atoms with E-state index in [9.17, 15) is 4.79 Å². The summed E-state index contributed by atoms with van der Waals surface area (Å²) < 4.78 is 11.6. The molecule has 0 aliphatic carbocycles. The molecule has 0 saturated carbocycles. The van der Waals surface area contributed by atoms with Crippen LogP contribution in [-0.4, -0.2) is 52.3 Å². The van der Waals surface area contributed by atoms with Gasteiger partial charge in [-0.2, -0.15) is 5.10 Å². The molecule has 3 heterocycles. The van der Waals surface area contributed by atoms with Crippen LogP contribution in [0.4, 0.5) is 0 Å². The van der Waals surface area contributed by atoms with Gasteiger partial charge in [-0.1, -0.05) is 11.6 Å². The van der Waals surface area contributed by atoms with E-state index in [1.165, 1.54) is 11.3 Å². The third-order valence-corrected chi connectivity index (χ3v) is 5.90. The lowest BCUT2D eigenvalue weighted by Gasteiger charge is -2.31. The van der Waals surface area contributed by atoms with Gasteiger partial charge in [0.2, 0.25) is 0 Å². The van der Waals surface area contributed by atoms with Crippen LogP contribution < -0.4 is 4.74 Å². The predicted octanol–water partition coefficient (Wildman–Crippen LogP) is 3.66. The van der Waals surface area contributed by atoms with Crippen molar-refractivity contribution in [3.05, 3.63) is 62.8 Å². The van der Waals surface area contributed by atoms with Gasteiger partial charge in [-0.05, 0) is 37.3 Å². The summed E-state index contributed by atoms with van der Waals surface area (Å²) in [6, 6.07) is 9.25. The molecule has 1 saturated heterocycles. The van der Waals surface area contributed by atoms with E-state index in [0.29, 0.717) is 42.6 Å². The number of aromatic amines is 1. The van der Waals surface area contributed by atoms with Crippen LogP contribution in [0.1, 0.15) is 32.9 Å². The highest BCUT2D eigenvalue weighted by Gasteiger charge is 2.29. The molecule has 0 radical (unpaired) electrons. The number of morpholine rings is 1. The SMILES string of the molecule is Cc1ncsc1C(=O)N1CCOC(c2cc(CCOc3ccc(Cl)cc3)[nH]n2)C1. The van der Waals surface area contributed by atoms with E-state index in [2.05, 4.69) is 15.2 Å². The number of H-pyrrole nitrogens is 1. The third kappa shape index (κ3) is 4.77. The van der Waals surface area contributed by atoms with Gasteiger partial charge in [-0.15, -0.1) is 11.3 Å². The van der Waals surface area contributed by atoms with Crippen molar-refractivity contribution >= 4 is 28.8 Å². The van der Waals surface area contributed by atoms with E-state index < -0.39 is 0 Å². The summed E-state index contributed by atoms with van der Waals surface area (Å²) in [7, 11) is 0. The average Bonchev–Trinajstić information content (AvgIpc) is 3.38. The van der Waals surface area contributed by atoms with E-state index in [4.69, 9.17) is 21.1 Å². The smallest absolute Gasteiger partial charge is 0.266 e. The van der Waals surface area contributed by atoms with Gasteiger partial charge in [0.05, 0.1) is 36.7 Å². The molecule has 1 aliphatic heterocycles. The third-order valence-electron chi connectivity index (χ3n) is 4.73. The van der Waals surface area contributed by atoms with Gasteiger partial charge >= 0.3 is 0 Å². The zero-order valence-corrected chi connectivity index (χ0v) is 17.5. The number of thiazole rings is 1. The molecule has 1 fully saturated rings. The minimum absolute atomic E-state index is 0.00502. The molecule has 29 heavy (non-hydrogen) atoms. The Hall–Kier alpha value is -2.42. The number of ether oxygens (including phenoxy) is 2. The summed E-state index contributed by atoms with van der Waals surface area (Å²) in [6.07, 6.45) is 0.438. The minimum atomic E-state index is -0.247. The van der Waals surface area contributed by atoms with Crippen LogP contribution in [0, 0.1) is 6.92 Å². The molecule has 3 aromatic rings. The quantitative estimate of drug-likeness (QED) is 0.642. The fourth-order valence-electron chi connectivity index (χ4n) is 3.15. The van der Waals surface area contributed by atoms with Crippen LogP contribution in [0.25, 0.3) is 0 Å². The highest BCUT2D eigenvalue weighted by Crippen LogP contribution is 2.24. The molecule has 1 N–H and O–H groups in total. The van der Waals surface area contributed by atoms with Crippen LogP contribution in [0.3, 0.4) is 0 Å². The number of carbonyl (C=O) groups excluding carboxylic acids is 1. The molecule has 7 nitrogen and oxygen atoms in total. The van der Waals surface area contributed by atoms with Crippen molar-refractivity contribution < 1.29 is 14.3 Å². The van der Waals surface area contributed by atoms with Crippen molar-refractivity contribution in [1.29, 1.82) is 0 Å². The molecule has 2 aromatic heterocycles. The van der Waals surface area contributed by atoms with E-state index >= 15 is 0 Å². The Bertz CT molecular complexity index is 972. The summed E-state index contributed by atoms with van der Waals surface area (Å²) in [4.78, 5) is 19.4. The van der Waals surface area contributed by atoms with Gasteiger partial charge in [-0.3, -0.25) is 9.89 Å². The maximum atomic E-state index is 12.7. The zero-order chi connectivity index (χ0) is 20.2. The van der Waals surface area contributed by atoms with Crippen LogP contribution in [-0.2, 0) is 11.2 Å². The summed E-state index contributed by atoms with van der Waals surface area (Å²) in [5, 5.41) is 8.10. The van der Waals surface area contributed by atoms with Crippen molar-refractivity contribution in [3.8, 4) is 5.75 Å². The second-order valence-corrected chi connectivity index (χ2v) is 8.04. The first-order chi connectivity index (χ1) is 14.1. The van der Waals surface area contributed by atoms with Crippen LogP contribution in [0.5, 0.6) is 5.75 Å². The monoisotopic (exact) mass is 432 g/mol. The number of amides is 1. The Morgan fingerprint density at radius 3 is 3.00 bits per heavy atom. The van der Waals surface area contributed by atoms with E-state index in [1.54, 1.807) is 17.6 Å². The number of rotatable bonds is 6. The van der Waals surface area contributed by atoms with E-state index in [-0.39, 0.29) is 12.0 Å². The summed E-state index contributed by atoms with van der Waals surface area (Å²) in [6.45, 7) is 3.90. The van der Waals surface area contributed by atoms with Gasteiger partial charge in [-0.25, -0.2) is 4.98 Å². The minimum Gasteiger partial charge on any atom is -0.493 e. The van der Waals surface area contributed by atoms with Crippen LogP contribution in [0.2, 0.25) is 5.02 Å². The number of nitrogens with one attached hydrogen (secondary N) is 1. The summed E-state index contributed by atoms with van der Waals surface area (Å²) in [5.41, 5.74) is 4.22. The van der Waals surface area contributed by atoms with Gasteiger partial charge in [0.15, 0.2) is 0 Å². The number of halogens is 1. The first-order valence-electron chi connectivity index (χ1n) is 9.33. The molecular weight excluding hydrogens is 412 g/mol. The highest BCUT2D eigenvalue weighted by molar-refractivity contribution is 7.11. The Balaban J connectivity index is 1.33. The Kier molecular flexibility index (Phi) is 6.13. The second kappa shape index (κ2) is 8.94. The van der Waals surface area contributed by atoms with Crippen molar-refractivity contribution in [2.24, 2.45) is 0 Å². The number of nitrogens with zero attached hydrogens (tertiary/aromatic N) is 3. The van der Waals surface area contributed by atoms with Gasteiger partial charge in [0.1, 0.15) is 16.7 Å². The zero-order valence-electron chi connectivity index (χ0n) is 15.9. The first-order valence-corrected chi connectivity index (χ1v) is 10.6. The maximum Gasteiger partial charge on any atom is 0.266 e. The number of hydrogen-bond acceptors (Lipinski definition) is 6. The molecule has 1 amide bonds. The molecule has 1 atom stereocenters. The standard InChI is InChI=1S/C20H21ClN4O3S/c1-13-19(29-12-22-13)20(26)25-7-9-28-18(11-25)17-10-15(23-24-17)6-8-27-16-4-2-14(21)3-5-16/h2-5,10,12,18H,6-9,11H2,1H3,(H,23,24). The maximum absolute atomic E-state index is 12.7. The highest BCUT2D eigenvalue weighted by atomic mass is 35.5. The number of aryl methyl sites for hydroxylation is 1. The fraction of sp³-hybridized carbons (Fsp3) is 0.350. The Morgan fingerprint density at radius 2 is 2.24 bits per heavy atom. The van der Waals surface area contributed by atoms with Gasteiger partial charge in [0, 0.05) is 23.7 Å². The lowest BCUT2D eigenvalue weighted by molar-refractivity contribution is -0.0246. The van der Waals surface area contributed by atoms with Gasteiger partial charge < -0.3 is 14.4 Å². The van der Waals surface area contributed by atoms with Crippen molar-refractivity contribution in [1.82, 2.24) is 20.1 Å². The number of aromatic nitrogens is 3. The topological polar surface area (TPSA) is 80.3 Å². The molecular formula is C20H21ClN4O3S. The molecule has 9 heteroatoms.